The predicted octanol–water partition coefficient (Wildman–Crippen LogP) is 1.34. The van der Waals surface area contributed by atoms with Gasteiger partial charge in [-0.2, -0.15) is 0 Å². The molecule has 0 aromatic carbocycles. The monoisotopic (exact) mass is 228 g/mol. The Bertz CT molecular complexity index is 344. The summed E-state index contributed by atoms with van der Waals surface area (Å²) in [5, 5.41) is 0.525. The molecule has 0 saturated carbocycles. The van der Waals surface area contributed by atoms with Gasteiger partial charge in [0, 0.05) is 18.3 Å². The number of hydrogen-bond acceptors (Lipinski definition) is 4. The molecule has 2 N–H and O–H groups in total. The van der Waals surface area contributed by atoms with Crippen LogP contribution in [0.15, 0.2) is 18.5 Å². The van der Waals surface area contributed by atoms with Gasteiger partial charge in [0.05, 0.1) is 18.6 Å². The fourth-order valence-electron chi connectivity index (χ4n) is 1.32. The molecule has 15 heavy (non-hydrogen) atoms. The lowest BCUT2D eigenvalue weighted by molar-refractivity contribution is -0.141. The van der Waals surface area contributed by atoms with Crippen LogP contribution < -0.4 is 5.73 Å². The number of esters is 1. The average Bonchev–Trinajstić information content (AvgIpc) is 2.26. The molecule has 4 nitrogen and oxygen atoms in total. The number of nitrogens with zero attached hydrogens (tertiary/aromatic N) is 1. The number of rotatable bonds is 4. The summed E-state index contributed by atoms with van der Waals surface area (Å²) >= 11 is 5.95. The van der Waals surface area contributed by atoms with E-state index in [9.17, 15) is 4.79 Å². The van der Waals surface area contributed by atoms with E-state index in [2.05, 4.69) is 9.72 Å². The van der Waals surface area contributed by atoms with Gasteiger partial charge in [0.1, 0.15) is 0 Å². The molecule has 0 aliphatic rings. The Morgan fingerprint density at radius 3 is 3.00 bits per heavy atom. The maximum atomic E-state index is 11.1. The number of ether oxygens (including phenoxy) is 1. The van der Waals surface area contributed by atoms with Gasteiger partial charge in [-0.15, -0.1) is 0 Å². The van der Waals surface area contributed by atoms with Crippen molar-refractivity contribution < 1.29 is 9.53 Å². The van der Waals surface area contributed by atoms with Crippen LogP contribution in [0.4, 0.5) is 0 Å². The van der Waals surface area contributed by atoms with Gasteiger partial charge in [0.25, 0.3) is 0 Å². The minimum absolute atomic E-state index is 0.118. The zero-order valence-electron chi connectivity index (χ0n) is 8.44. The van der Waals surface area contributed by atoms with Crippen molar-refractivity contribution in [3.05, 3.63) is 29.0 Å². The van der Waals surface area contributed by atoms with E-state index in [4.69, 9.17) is 17.3 Å². The number of carbonyl (C=O) groups is 1. The third-order valence-corrected chi connectivity index (χ3v) is 2.48. The Morgan fingerprint density at radius 2 is 2.47 bits per heavy atom. The van der Waals surface area contributed by atoms with Gasteiger partial charge in [-0.25, -0.2) is 0 Å². The second kappa shape index (κ2) is 5.68. The molecule has 1 unspecified atom stereocenters. The first kappa shape index (κ1) is 11.9. The molecule has 0 fully saturated rings. The van der Waals surface area contributed by atoms with Crippen molar-refractivity contribution in [2.24, 2.45) is 5.73 Å². The molecule has 0 aliphatic heterocycles. The van der Waals surface area contributed by atoms with Crippen LogP contribution in [-0.4, -0.2) is 24.6 Å². The summed E-state index contributed by atoms with van der Waals surface area (Å²) in [6, 6.07) is 1.77. The number of aromatic nitrogens is 1. The number of nitrogens with two attached hydrogens (primary N) is 1. The zero-order chi connectivity index (χ0) is 11.3. The summed E-state index contributed by atoms with van der Waals surface area (Å²) in [5.41, 5.74) is 6.42. The first-order valence-electron chi connectivity index (χ1n) is 4.55. The molecular weight excluding hydrogens is 216 g/mol. The van der Waals surface area contributed by atoms with E-state index in [1.807, 2.05) is 0 Å². The van der Waals surface area contributed by atoms with Crippen molar-refractivity contribution in [3.63, 3.8) is 0 Å². The van der Waals surface area contributed by atoms with Gasteiger partial charge in [-0.3, -0.25) is 9.78 Å². The van der Waals surface area contributed by atoms with E-state index in [1.54, 1.807) is 12.3 Å². The molecule has 0 saturated heterocycles. The first-order valence-corrected chi connectivity index (χ1v) is 4.93. The minimum atomic E-state index is -0.293. The fraction of sp³-hybridized carbons (Fsp3) is 0.400. The lowest BCUT2D eigenvalue weighted by atomic mass is 9.97. The van der Waals surface area contributed by atoms with E-state index in [0.29, 0.717) is 11.6 Å². The van der Waals surface area contributed by atoms with Crippen LogP contribution in [0.25, 0.3) is 0 Å². The van der Waals surface area contributed by atoms with E-state index >= 15 is 0 Å². The number of halogens is 1. The highest BCUT2D eigenvalue weighted by Crippen LogP contribution is 2.25. The van der Waals surface area contributed by atoms with Crippen LogP contribution in [0, 0.1) is 0 Å². The Kier molecular flexibility index (Phi) is 4.52. The molecule has 1 aromatic rings. The van der Waals surface area contributed by atoms with Gasteiger partial charge in [-0.1, -0.05) is 11.6 Å². The Labute approximate surface area is 93.4 Å². The smallest absolute Gasteiger partial charge is 0.306 e. The maximum Gasteiger partial charge on any atom is 0.306 e. The molecule has 0 bridgehead atoms. The van der Waals surface area contributed by atoms with Gasteiger partial charge >= 0.3 is 5.97 Å². The van der Waals surface area contributed by atoms with E-state index in [-0.39, 0.29) is 18.3 Å². The Hall–Kier alpha value is -1.13. The highest BCUT2D eigenvalue weighted by Gasteiger charge is 2.17. The zero-order valence-corrected chi connectivity index (χ0v) is 9.20. The normalized spacial score (nSPS) is 12.2. The van der Waals surface area contributed by atoms with E-state index < -0.39 is 0 Å². The molecule has 82 valence electrons. The van der Waals surface area contributed by atoms with Gasteiger partial charge in [0.15, 0.2) is 0 Å². The van der Waals surface area contributed by atoms with Crippen LogP contribution in [-0.2, 0) is 9.53 Å². The lowest BCUT2D eigenvalue weighted by Gasteiger charge is -2.14. The SMILES string of the molecule is COC(=O)CC(CN)c1ccncc1Cl. The standard InChI is InChI=1S/C10H13ClN2O2/c1-15-10(14)4-7(5-12)8-2-3-13-6-9(8)11/h2-3,6-7H,4-5,12H2,1H3. The van der Waals surface area contributed by atoms with E-state index in [0.717, 1.165) is 5.56 Å². The lowest BCUT2D eigenvalue weighted by Crippen LogP contribution is -2.17. The summed E-state index contributed by atoms with van der Waals surface area (Å²) in [7, 11) is 1.35. The maximum absolute atomic E-state index is 11.1. The van der Waals surface area contributed by atoms with Crippen LogP contribution in [0.1, 0.15) is 17.9 Å². The average molecular weight is 229 g/mol. The minimum Gasteiger partial charge on any atom is -0.469 e. The van der Waals surface area contributed by atoms with Crippen molar-refractivity contribution in [2.45, 2.75) is 12.3 Å². The Morgan fingerprint density at radius 1 is 1.73 bits per heavy atom. The molecule has 0 radical (unpaired) electrons. The van der Waals surface area contributed by atoms with Crippen molar-refractivity contribution >= 4 is 17.6 Å². The number of methoxy groups -OCH3 is 1. The molecule has 0 aliphatic carbocycles. The summed E-state index contributed by atoms with van der Waals surface area (Å²) in [4.78, 5) is 15.0. The van der Waals surface area contributed by atoms with Gasteiger partial charge < -0.3 is 10.5 Å². The largest absolute Gasteiger partial charge is 0.469 e. The topological polar surface area (TPSA) is 65.2 Å². The molecule has 0 spiro atoms. The first-order chi connectivity index (χ1) is 7.19. The predicted molar refractivity (Wildman–Crippen MR) is 57.7 cm³/mol. The second-order valence-electron chi connectivity index (χ2n) is 3.11. The molecular formula is C10H13ClN2O2. The van der Waals surface area contributed by atoms with Gasteiger partial charge in [0.2, 0.25) is 0 Å². The molecule has 1 heterocycles. The number of pyridine rings is 1. The van der Waals surface area contributed by atoms with Gasteiger partial charge in [-0.05, 0) is 18.2 Å². The van der Waals surface area contributed by atoms with Crippen molar-refractivity contribution in [2.75, 3.05) is 13.7 Å². The third-order valence-electron chi connectivity index (χ3n) is 2.17. The van der Waals surface area contributed by atoms with Crippen LogP contribution in [0.5, 0.6) is 0 Å². The van der Waals surface area contributed by atoms with Crippen LogP contribution in [0.3, 0.4) is 0 Å². The second-order valence-corrected chi connectivity index (χ2v) is 3.52. The summed E-state index contributed by atoms with van der Waals surface area (Å²) in [5.74, 6) is -0.411. The molecule has 1 rings (SSSR count). The highest BCUT2D eigenvalue weighted by molar-refractivity contribution is 6.31. The van der Waals surface area contributed by atoms with Crippen molar-refractivity contribution in [1.29, 1.82) is 0 Å². The van der Waals surface area contributed by atoms with Crippen LogP contribution in [0.2, 0.25) is 5.02 Å². The van der Waals surface area contributed by atoms with Crippen LogP contribution >= 0.6 is 11.6 Å². The summed E-state index contributed by atoms with van der Waals surface area (Å²) in [6.07, 6.45) is 3.40. The quantitative estimate of drug-likeness (QED) is 0.790. The van der Waals surface area contributed by atoms with E-state index in [1.165, 1.54) is 13.3 Å². The molecule has 1 aromatic heterocycles. The number of hydrogen-bond donors (Lipinski definition) is 1. The van der Waals surface area contributed by atoms with Crippen molar-refractivity contribution in [1.82, 2.24) is 4.98 Å². The Balaban J connectivity index is 2.83. The summed E-state index contributed by atoms with van der Waals surface area (Å²) in [6.45, 7) is 0.346. The highest BCUT2D eigenvalue weighted by atomic mass is 35.5. The molecule has 1 atom stereocenters. The van der Waals surface area contributed by atoms with Crippen molar-refractivity contribution in [3.8, 4) is 0 Å². The number of carbonyl (C=O) groups excluding carboxylic acids is 1. The molecule has 5 heteroatoms. The fourth-order valence-corrected chi connectivity index (χ4v) is 1.60. The third kappa shape index (κ3) is 3.18. The summed E-state index contributed by atoms with van der Waals surface area (Å²) < 4.78 is 4.59. The molecule has 0 amide bonds.